The van der Waals surface area contributed by atoms with Gasteiger partial charge in [-0.2, -0.15) is 0 Å². The van der Waals surface area contributed by atoms with Gasteiger partial charge in [0, 0.05) is 11.1 Å². The first-order valence-electron chi connectivity index (χ1n) is 7.56. The molecule has 0 saturated carbocycles. The monoisotopic (exact) mass is 436 g/mol. The molecule has 0 radical (unpaired) electrons. The molecule has 0 bridgehead atoms. The molecule has 0 saturated heterocycles. The zero-order chi connectivity index (χ0) is 16.7. The van der Waals surface area contributed by atoms with E-state index in [4.69, 9.17) is 0 Å². The van der Waals surface area contributed by atoms with E-state index in [1.54, 1.807) is 0 Å². The second-order valence-electron chi connectivity index (χ2n) is 5.33. The van der Waals surface area contributed by atoms with E-state index in [0.29, 0.717) is 24.0 Å². The van der Waals surface area contributed by atoms with Crippen LogP contribution in [0.4, 0.5) is 0 Å². The van der Waals surface area contributed by atoms with Gasteiger partial charge in [-0.25, -0.2) is 0 Å². The number of hydrogen-bond donors (Lipinski definition) is 0. The summed E-state index contributed by atoms with van der Waals surface area (Å²) in [5.41, 5.74) is 1.43. The van der Waals surface area contributed by atoms with E-state index >= 15 is 0 Å². The average molecular weight is 438 g/mol. The molecule has 2 aromatic rings. The standard InChI is InChI=1S/C19H18Br2O2/c20-16(18(22)14-8-3-1-4-9-14)12-7-13-17(21)19(23)15-10-5-2-6-11-15/h1-6,8-11,16-17H,7,12-13H2. The minimum atomic E-state index is -0.212. The summed E-state index contributed by atoms with van der Waals surface area (Å²) < 4.78 is 0. The van der Waals surface area contributed by atoms with Crippen LogP contribution in [0.1, 0.15) is 40.0 Å². The summed E-state index contributed by atoms with van der Waals surface area (Å²) in [4.78, 5) is 24.1. The second kappa shape index (κ2) is 9.14. The highest BCUT2D eigenvalue weighted by molar-refractivity contribution is 9.10. The lowest BCUT2D eigenvalue weighted by atomic mass is 10.0. The Balaban J connectivity index is 1.80. The predicted octanol–water partition coefficient (Wildman–Crippen LogP) is 5.45. The number of carbonyl (C=O) groups is 2. The fourth-order valence-electron chi connectivity index (χ4n) is 2.30. The molecule has 0 aliphatic carbocycles. The van der Waals surface area contributed by atoms with Gasteiger partial charge in [0.2, 0.25) is 0 Å². The first-order valence-corrected chi connectivity index (χ1v) is 9.39. The smallest absolute Gasteiger partial charge is 0.176 e. The van der Waals surface area contributed by atoms with Gasteiger partial charge in [-0.1, -0.05) is 98.9 Å². The van der Waals surface area contributed by atoms with Crippen LogP contribution in [-0.4, -0.2) is 21.2 Å². The number of benzene rings is 2. The van der Waals surface area contributed by atoms with Crippen molar-refractivity contribution in [2.45, 2.75) is 28.9 Å². The van der Waals surface area contributed by atoms with Gasteiger partial charge in [0.1, 0.15) is 0 Å². The van der Waals surface area contributed by atoms with E-state index in [9.17, 15) is 9.59 Å². The SMILES string of the molecule is O=C(c1ccccc1)C(Br)CCCC(Br)C(=O)c1ccccc1. The van der Waals surface area contributed by atoms with Gasteiger partial charge < -0.3 is 0 Å². The minimum absolute atomic E-state index is 0.0890. The van der Waals surface area contributed by atoms with Crippen molar-refractivity contribution < 1.29 is 9.59 Å². The zero-order valence-corrected chi connectivity index (χ0v) is 15.8. The van der Waals surface area contributed by atoms with Crippen LogP contribution in [0.3, 0.4) is 0 Å². The summed E-state index contributed by atoms with van der Waals surface area (Å²) in [6.45, 7) is 0. The largest absolute Gasteiger partial charge is 0.293 e. The van der Waals surface area contributed by atoms with Crippen LogP contribution in [0.2, 0.25) is 0 Å². The molecule has 0 amide bonds. The summed E-state index contributed by atoms with van der Waals surface area (Å²) in [5.74, 6) is 0.178. The van der Waals surface area contributed by atoms with Gasteiger partial charge in [-0.3, -0.25) is 9.59 Å². The number of rotatable bonds is 8. The molecular weight excluding hydrogens is 420 g/mol. The molecule has 2 aromatic carbocycles. The summed E-state index contributed by atoms with van der Waals surface area (Å²) in [6.07, 6.45) is 2.21. The fourth-order valence-corrected chi connectivity index (χ4v) is 3.48. The van der Waals surface area contributed by atoms with Crippen LogP contribution in [0.15, 0.2) is 60.7 Å². The van der Waals surface area contributed by atoms with Gasteiger partial charge in [0.15, 0.2) is 11.6 Å². The van der Waals surface area contributed by atoms with Crippen LogP contribution >= 0.6 is 31.9 Å². The van der Waals surface area contributed by atoms with Gasteiger partial charge in [-0.15, -0.1) is 0 Å². The maximum atomic E-state index is 12.3. The minimum Gasteiger partial charge on any atom is -0.293 e. The molecule has 2 unspecified atom stereocenters. The topological polar surface area (TPSA) is 34.1 Å². The quantitative estimate of drug-likeness (QED) is 0.406. The van der Waals surface area contributed by atoms with E-state index in [2.05, 4.69) is 31.9 Å². The van der Waals surface area contributed by atoms with Crippen LogP contribution in [0, 0.1) is 0 Å². The van der Waals surface area contributed by atoms with Gasteiger partial charge in [0.05, 0.1) is 9.65 Å². The highest BCUT2D eigenvalue weighted by Gasteiger charge is 2.19. The molecule has 0 fully saturated rings. The molecule has 0 spiro atoms. The van der Waals surface area contributed by atoms with Crippen molar-refractivity contribution in [3.8, 4) is 0 Å². The van der Waals surface area contributed by atoms with Gasteiger partial charge in [-0.05, 0) is 12.8 Å². The lowest BCUT2D eigenvalue weighted by molar-refractivity contribution is 0.0988. The zero-order valence-electron chi connectivity index (χ0n) is 12.6. The van der Waals surface area contributed by atoms with Crippen LogP contribution in [0.5, 0.6) is 0 Å². The lowest BCUT2D eigenvalue weighted by Gasteiger charge is -2.11. The van der Waals surface area contributed by atoms with Crippen LogP contribution < -0.4 is 0 Å². The Morgan fingerprint density at radius 3 is 1.39 bits per heavy atom. The number of carbonyl (C=O) groups excluding carboxylic acids is 2. The lowest BCUT2D eigenvalue weighted by Crippen LogP contribution is -2.17. The van der Waals surface area contributed by atoms with Crippen molar-refractivity contribution in [1.29, 1.82) is 0 Å². The number of Topliss-reactive ketones (excluding diaryl/α,β-unsaturated/α-hetero) is 2. The Morgan fingerprint density at radius 1 is 0.696 bits per heavy atom. The van der Waals surface area contributed by atoms with E-state index in [1.165, 1.54) is 0 Å². The Morgan fingerprint density at radius 2 is 1.04 bits per heavy atom. The van der Waals surface area contributed by atoms with Crippen LogP contribution in [-0.2, 0) is 0 Å². The number of alkyl halides is 2. The van der Waals surface area contributed by atoms with E-state index in [0.717, 1.165) is 6.42 Å². The molecule has 2 nitrogen and oxygen atoms in total. The second-order valence-corrected chi connectivity index (χ2v) is 7.54. The molecule has 120 valence electrons. The third-order valence-electron chi connectivity index (χ3n) is 3.60. The van der Waals surface area contributed by atoms with Crippen LogP contribution in [0.25, 0.3) is 0 Å². The van der Waals surface area contributed by atoms with Crippen molar-refractivity contribution in [2.24, 2.45) is 0 Å². The third-order valence-corrected chi connectivity index (χ3v) is 5.35. The number of halogens is 2. The Kier molecular flexibility index (Phi) is 7.18. The Bertz CT molecular complexity index is 583. The first kappa shape index (κ1) is 18.1. The number of hydrogen-bond acceptors (Lipinski definition) is 2. The molecule has 2 rings (SSSR count). The molecule has 0 aliphatic rings. The van der Waals surface area contributed by atoms with Crippen molar-refractivity contribution >= 4 is 43.4 Å². The highest BCUT2D eigenvalue weighted by Crippen LogP contribution is 2.21. The molecule has 0 N–H and O–H groups in total. The molecule has 2 atom stereocenters. The molecule has 0 aromatic heterocycles. The number of ketones is 2. The maximum Gasteiger partial charge on any atom is 0.176 e. The van der Waals surface area contributed by atoms with Crippen molar-refractivity contribution in [3.05, 3.63) is 71.8 Å². The van der Waals surface area contributed by atoms with Gasteiger partial charge in [0.25, 0.3) is 0 Å². The van der Waals surface area contributed by atoms with E-state index in [1.807, 2.05) is 60.7 Å². The Labute approximate surface area is 153 Å². The fraction of sp³-hybridized carbons (Fsp3) is 0.263. The third kappa shape index (κ3) is 5.40. The molecule has 23 heavy (non-hydrogen) atoms. The summed E-state index contributed by atoms with van der Waals surface area (Å²) in [5, 5.41) is 0. The Hall–Kier alpha value is -1.26. The average Bonchev–Trinajstić information content (AvgIpc) is 2.61. The van der Waals surface area contributed by atoms with Crippen molar-refractivity contribution in [3.63, 3.8) is 0 Å². The predicted molar refractivity (Wildman–Crippen MR) is 101 cm³/mol. The van der Waals surface area contributed by atoms with Gasteiger partial charge >= 0.3 is 0 Å². The first-order chi connectivity index (χ1) is 11.1. The van der Waals surface area contributed by atoms with Crippen molar-refractivity contribution in [2.75, 3.05) is 0 Å². The molecule has 4 heteroatoms. The summed E-state index contributed by atoms with van der Waals surface area (Å²) in [7, 11) is 0. The van der Waals surface area contributed by atoms with Crippen molar-refractivity contribution in [1.82, 2.24) is 0 Å². The highest BCUT2D eigenvalue weighted by atomic mass is 79.9. The molecule has 0 aliphatic heterocycles. The normalized spacial score (nSPS) is 13.3. The molecular formula is C19H18Br2O2. The van der Waals surface area contributed by atoms with E-state index in [-0.39, 0.29) is 21.2 Å². The summed E-state index contributed by atoms with van der Waals surface area (Å²) in [6, 6.07) is 18.5. The maximum absolute atomic E-state index is 12.3. The summed E-state index contributed by atoms with van der Waals surface area (Å²) >= 11 is 6.92. The van der Waals surface area contributed by atoms with E-state index < -0.39 is 0 Å². The molecule has 0 heterocycles.